The van der Waals surface area contributed by atoms with Crippen LogP contribution in [0.5, 0.6) is 0 Å². The Labute approximate surface area is 102 Å². The topological polar surface area (TPSA) is 82.0 Å². The van der Waals surface area contributed by atoms with E-state index in [1.165, 1.54) is 6.92 Å². The molecule has 94 valence electrons. The van der Waals surface area contributed by atoms with Crippen molar-refractivity contribution in [3.8, 4) is 6.07 Å². The molecule has 0 unspecified atom stereocenters. The van der Waals surface area contributed by atoms with Gasteiger partial charge < -0.3 is 10.6 Å². The maximum absolute atomic E-state index is 12.1. The molecule has 1 saturated carbocycles. The van der Waals surface area contributed by atoms with E-state index in [-0.39, 0.29) is 11.8 Å². The van der Waals surface area contributed by atoms with Crippen LogP contribution >= 0.6 is 0 Å². The highest BCUT2D eigenvalue weighted by Crippen LogP contribution is 2.28. The van der Waals surface area contributed by atoms with E-state index in [0.717, 1.165) is 19.3 Å². The van der Waals surface area contributed by atoms with E-state index in [0.29, 0.717) is 12.8 Å². The van der Waals surface area contributed by atoms with E-state index < -0.39 is 11.6 Å². The number of hydrogen-bond donors (Lipinski definition) is 2. The molecule has 17 heavy (non-hydrogen) atoms. The molecule has 0 radical (unpaired) electrons. The fourth-order valence-corrected chi connectivity index (χ4v) is 2.27. The lowest BCUT2D eigenvalue weighted by Crippen LogP contribution is -2.60. The number of amides is 2. The van der Waals surface area contributed by atoms with Gasteiger partial charge in [-0.3, -0.25) is 9.59 Å². The molecule has 0 bridgehead atoms. The number of rotatable bonds is 3. The van der Waals surface area contributed by atoms with Crippen LogP contribution in [0.1, 0.15) is 46.0 Å². The van der Waals surface area contributed by atoms with Gasteiger partial charge in [0.2, 0.25) is 11.8 Å². The second-order valence-electron chi connectivity index (χ2n) is 4.65. The van der Waals surface area contributed by atoms with E-state index in [4.69, 9.17) is 5.26 Å². The highest BCUT2D eigenvalue weighted by atomic mass is 16.2. The van der Waals surface area contributed by atoms with Crippen molar-refractivity contribution in [1.82, 2.24) is 10.6 Å². The summed E-state index contributed by atoms with van der Waals surface area (Å²) in [5, 5.41) is 14.1. The van der Waals surface area contributed by atoms with Crippen molar-refractivity contribution in [1.29, 1.82) is 5.26 Å². The summed E-state index contributed by atoms with van der Waals surface area (Å²) < 4.78 is 0. The molecule has 2 N–H and O–H groups in total. The lowest BCUT2D eigenvalue weighted by atomic mass is 9.80. The summed E-state index contributed by atoms with van der Waals surface area (Å²) in [6, 6.07) is 1.43. The Morgan fingerprint density at radius 1 is 1.29 bits per heavy atom. The predicted octanol–water partition coefficient (Wildman–Crippen LogP) is 0.854. The van der Waals surface area contributed by atoms with Crippen molar-refractivity contribution in [2.45, 2.75) is 57.5 Å². The standard InChI is InChI=1S/C12H19N3O2/c1-9(8-13)14-11(17)12(15-10(2)16)6-4-3-5-7-12/h9H,3-7H2,1-2H3,(H,14,17)(H,15,16)/t9-/m0/s1. The summed E-state index contributed by atoms with van der Waals surface area (Å²) in [6.45, 7) is 3.04. The van der Waals surface area contributed by atoms with Crippen LogP contribution in [-0.2, 0) is 9.59 Å². The average molecular weight is 237 g/mol. The van der Waals surface area contributed by atoms with E-state index >= 15 is 0 Å². The Morgan fingerprint density at radius 2 is 1.88 bits per heavy atom. The van der Waals surface area contributed by atoms with Gasteiger partial charge in [0.05, 0.1) is 6.07 Å². The maximum Gasteiger partial charge on any atom is 0.246 e. The summed E-state index contributed by atoms with van der Waals surface area (Å²) in [5.41, 5.74) is -0.810. The fourth-order valence-electron chi connectivity index (χ4n) is 2.27. The lowest BCUT2D eigenvalue weighted by molar-refractivity contribution is -0.134. The van der Waals surface area contributed by atoms with Crippen molar-refractivity contribution in [3.63, 3.8) is 0 Å². The van der Waals surface area contributed by atoms with Gasteiger partial charge >= 0.3 is 0 Å². The monoisotopic (exact) mass is 237 g/mol. The van der Waals surface area contributed by atoms with Gasteiger partial charge in [0.25, 0.3) is 0 Å². The largest absolute Gasteiger partial charge is 0.342 e. The molecule has 2 amide bonds. The summed E-state index contributed by atoms with van der Waals surface area (Å²) in [6.07, 6.45) is 4.23. The van der Waals surface area contributed by atoms with Gasteiger partial charge in [-0.25, -0.2) is 0 Å². The number of nitrogens with zero attached hydrogens (tertiary/aromatic N) is 1. The minimum absolute atomic E-state index is 0.202. The average Bonchev–Trinajstić information content (AvgIpc) is 2.29. The molecule has 1 rings (SSSR count). The third kappa shape index (κ3) is 3.45. The van der Waals surface area contributed by atoms with Crippen molar-refractivity contribution in [2.24, 2.45) is 0 Å². The first kappa shape index (κ1) is 13.5. The number of carbonyl (C=O) groups is 2. The quantitative estimate of drug-likeness (QED) is 0.763. The molecule has 0 heterocycles. The normalized spacial score (nSPS) is 19.8. The van der Waals surface area contributed by atoms with Crippen LogP contribution in [0.3, 0.4) is 0 Å². The minimum Gasteiger partial charge on any atom is -0.342 e. The van der Waals surface area contributed by atoms with Gasteiger partial charge in [-0.15, -0.1) is 0 Å². The first-order valence-electron chi connectivity index (χ1n) is 5.99. The van der Waals surface area contributed by atoms with Gasteiger partial charge in [0, 0.05) is 6.92 Å². The van der Waals surface area contributed by atoms with Crippen LogP contribution in [-0.4, -0.2) is 23.4 Å². The third-order valence-electron chi connectivity index (χ3n) is 3.10. The molecule has 5 heteroatoms. The zero-order chi connectivity index (χ0) is 12.9. The summed E-state index contributed by atoms with van der Waals surface area (Å²) in [5.74, 6) is -0.437. The molecular formula is C12H19N3O2. The number of carbonyl (C=O) groups excluding carboxylic acids is 2. The molecule has 0 saturated heterocycles. The van der Waals surface area contributed by atoms with Gasteiger partial charge in [-0.2, -0.15) is 5.26 Å². The molecule has 1 fully saturated rings. The number of nitriles is 1. The fraction of sp³-hybridized carbons (Fsp3) is 0.750. The first-order chi connectivity index (χ1) is 8.00. The highest BCUT2D eigenvalue weighted by molar-refractivity contribution is 5.91. The molecular weight excluding hydrogens is 218 g/mol. The molecule has 1 aliphatic carbocycles. The van der Waals surface area contributed by atoms with Crippen molar-refractivity contribution in [2.75, 3.05) is 0 Å². The smallest absolute Gasteiger partial charge is 0.246 e. The van der Waals surface area contributed by atoms with Crippen LogP contribution in [0.25, 0.3) is 0 Å². The van der Waals surface area contributed by atoms with E-state index in [1.807, 2.05) is 6.07 Å². The van der Waals surface area contributed by atoms with Crippen LogP contribution in [0, 0.1) is 11.3 Å². The molecule has 1 atom stereocenters. The van der Waals surface area contributed by atoms with Crippen LogP contribution < -0.4 is 10.6 Å². The summed E-state index contributed by atoms with van der Waals surface area (Å²) in [7, 11) is 0. The minimum atomic E-state index is -0.810. The molecule has 1 aliphatic rings. The van der Waals surface area contributed by atoms with E-state index in [1.54, 1.807) is 6.92 Å². The predicted molar refractivity (Wildman–Crippen MR) is 62.9 cm³/mol. The Balaban J connectivity index is 2.78. The first-order valence-corrected chi connectivity index (χ1v) is 5.99. The van der Waals surface area contributed by atoms with Gasteiger partial charge in [0.15, 0.2) is 0 Å². The zero-order valence-electron chi connectivity index (χ0n) is 10.4. The van der Waals surface area contributed by atoms with Crippen LogP contribution in [0.2, 0.25) is 0 Å². The van der Waals surface area contributed by atoms with E-state index in [2.05, 4.69) is 10.6 Å². The van der Waals surface area contributed by atoms with Gasteiger partial charge in [-0.05, 0) is 19.8 Å². The number of nitrogens with one attached hydrogen (secondary N) is 2. The Kier molecular flexibility index (Phi) is 4.50. The Hall–Kier alpha value is -1.57. The number of hydrogen-bond acceptors (Lipinski definition) is 3. The van der Waals surface area contributed by atoms with Crippen LogP contribution in [0.15, 0.2) is 0 Å². The van der Waals surface area contributed by atoms with Crippen molar-refractivity contribution >= 4 is 11.8 Å². The molecule has 0 aliphatic heterocycles. The molecule has 0 aromatic heterocycles. The molecule has 0 aromatic carbocycles. The lowest BCUT2D eigenvalue weighted by Gasteiger charge is -2.36. The SMILES string of the molecule is CC(=O)NC1(C(=O)N[C@@H](C)C#N)CCCCC1. The maximum atomic E-state index is 12.1. The molecule has 0 spiro atoms. The highest BCUT2D eigenvalue weighted by Gasteiger charge is 2.40. The van der Waals surface area contributed by atoms with Gasteiger partial charge in [-0.1, -0.05) is 19.3 Å². The van der Waals surface area contributed by atoms with Crippen molar-refractivity contribution in [3.05, 3.63) is 0 Å². The summed E-state index contributed by atoms with van der Waals surface area (Å²) in [4.78, 5) is 23.4. The Bertz CT molecular complexity index is 340. The zero-order valence-corrected chi connectivity index (χ0v) is 10.4. The Morgan fingerprint density at radius 3 is 2.35 bits per heavy atom. The third-order valence-corrected chi connectivity index (χ3v) is 3.10. The van der Waals surface area contributed by atoms with Crippen LogP contribution in [0.4, 0.5) is 0 Å². The molecule has 5 nitrogen and oxygen atoms in total. The van der Waals surface area contributed by atoms with Crippen molar-refractivity contribution < 1.29 is 9.59 Å². The summed E-state index contributed by atoms with van der Waals surface area (Å²) >= 11 is 0. The second kappa shape index (κ2) is 5.67. The second-order valence-corrected chi connectivity index (χ2v) is 4.65. The van der Waals surface area contributed by atoms with Gasteiger partial charge in [0.1, 0.15) is 11.6 Å². The van der Waals surface area contributed by atoms with E-state index in [9.17, 15) is 9.59 Å². The molecule has 0 aromatic rings.